The molecule has 0 saturated heterocycles. The average molecular weight is 599 g/mol. The largest absolute Gasteiger partial charge is 0.368 e. The number of aromatic nitrogens is 2. The van der Waals surface area contributed by atoms with Gasteiger partial charge in [-0.1, -0.05) is 17.7 Å². The molecule has 5 rings (SSSR count). The van der Waals surface area contributed by atoms with E-state index >= 15 is 0 Å². The van der Waals surface area contributed by atoms with Gasteiger partial charge in [-0.15, -0.1) is 11.3 Å². The monoisotopic (exact) mass is 598 g/mol. The fourth-order valence-electron chi connectivity index (χ4n) is 5.06. The summed E-state index contributed by atoms with van der Waals surface area (Å²) < 4.78 is 61.1. The van der Waals surface area contributed by atoms with E-state index in [1.165, 1.54) is 18.6 Å². The van der Waals surface area contributed by atoms with Gasteiger partial charge in [0, 0.05) is 22.8 Å². The van der Waals surface area contributed by atoms with Crippen LogP contribution in [0.25, 0.3) is 0 Å². The molecule has 1 fully saturated rings. The molecule has 1 saturated carbocycles. The van der Waals surface area contributed by atoms with Gasteiger partial charge in [-0.05, 0) is 60.9 Å². The number of alkyl halides is 2. The van der Waals surface area contributed by atoms with Crippen molar-refractivity contribution in [2.75, 3.05) is 18.5 Å². The third-order valence-corrected chi connectivity index (χ3v) is 8.71. The molecular weight excluding hydrogens is 574 g/mol. The second-order valence-corrected chi connectivity index (χ2v) is 12.2. The van der Waals surface area contributed by atoms with Gasteiger partial charge in [0.1, 0.15) is 18.2 Å². The Kier molecular flexibility index (Phi) is 8.26. The van der Waals surface area contributed by atoms with E-state index in [1.807, 2.05) is 6.07 Å². The van der Waals surface area contributed by atoms with E-state index in [1.54, 1.807) is 12.1 Å². The molecule has 0 amide bonds. The van der Waals surface area contributed by atoms with Crippen LogP contribution in [0.15, 0.2) is 36.8 Å². The Morgan fingerprint density at radius 2 is 2.10 bits per heavy atom. The molecule has 2 aromatic heterocycles. The quantitative estimate of drug-likeness (QED) is 0.335. The number of rotatable bonds is 9. The van der Waals surface area contributed by atoms with E-state index in [-0.39, 0.29) is 45.3 Å². The van der Waals surface area contributed by atoms with Gasteiger partial charge >= 0.3 is 10.3 Å². The number of ketones is 1. The number of halogens is 3. The number of nitrogens with one attached hydrogen (secondary N) is 1. The summed E-state index contributed by atoms with van der Waals surface area (Å²) in [5.41, 5.74) is 2.05. The highest BCUT2D eigenvalue weighted by Gasteiger charge is 2.32. The number of hydrogen-bond donors (Lipinski definition) is 2. The highest BCUT2D eigenvalue weighted by molar-refractivity contribution is 7.84. The zero-order chi connectivity index (χ0) is 27.7. The van der Waals surface area contributed by atoms with Crippen LogP contribution < -0.4 is 10.5 Å². The van der Waals surface area contributed by atoms with Gasteiger partial charge in [0.25, 0.3) is 6.43 Å². The number of benzene rings is 1. The standard InChI is InChI=1S/C25H25ClF2N4O5S2/c26-15-3-2-14-5-6-36-22(17(14)8-15)18-9-20(38-23(18)24(27)28)21(33)19-10-30-12-31-25(19)32-16-4-1-13(7-16)11-37-39(29,34)35/h2-3,8-10,12-13,16,22,24H,1,4-7,11H2,(H2,29,34,35)(H,30,31,32)/t13-,16+,22?/m1/s1. The number of ether oxygens (including phenoxy) is 1. The zero-order valence-electron chi connectivity index (χ0n) is 20.5. The van der Waals surface area contributed by atoms with Crippen LogP contribution in [0, 0.1) is 5.92 Å². The molecule has 0 spiro atoms. The van der Waals surface area contributed by atoms with Crippen LogP contribution in [0.4, 0.5) is 14.6 Å². The van der Waals surface area contributed by atoms with Crippen LogP contribution in [-0.2, 0) is 25.6 Å². The summed E-state index contributed by atoms with van der Waals surface area (Å²) in [7, 11) is -4.02. The van der Waals surface area contributed by atoms with Crippen LogP contribution in [0.5, 0.6) is 0 Å². The molecule has 1 aliphatic carbocycles. The zero-order valence-corrected chi connectivity index (χ0v) is 22.9. The first-order valence-corrected chi connectivity index (χ1v) is 14.9. The molecule has 1 aliphatic heterocycles. The maximum Gasteiger partial charge on any atom is 0.333 e. The first-order valence-electron chi connectivity index (χ1n) is 12.2. The van der Waals surface area contributed by atoms with Crippen LogP contribution in [0.3, 0.4) is 0 Å². The second kappa shape index (κ2) is 11.5. The molecule has 39 heavy (non-hydrogen) atoms. The van der Waals surface area contributed by atoms with Crippen LogP contribution in [-0.4, -0.2) is 43.4 Å². The summed E-state index contributed by atoms with van der Waals surface area (Å²) in [5.74, 6) is -0.264. The first kappa shape index (κ1) is 28.0. The van der Waals surface area contributed by atoms with Crippen molar-refractivity contribution in [3.05, 3.63) is 73.8 Å². The second-order valence-electron chi connectivity index (χ2n) is 9.49. The minimum atomic E-state index is -4.02. The summed E-state index contributed by atoms with van der Waals surface area (Å²) in [5, 5.41) is 8.60. The Bertz CT molecular complexity index is 1490. The van der Waals surface area contributed by atoms with Crippen molar-refractivity contribution in [3.63, 3.8) is 0 Å². The van der Waals surface area contributed by atoms with E-state index in [0.717, 1.165) is 16.9 Å². The van der Waals surface area contributed by atoms with Gasteiger partial charge < -0.3 is 10.1 Å². The van der Waals surface area contributed by atoms with Gasteiger partial charge in [0.15, 0.2) is 0 Å². The fraction of sp³-hybridized carbons (Fsp3) is 0.400. The molecule has 3 atom stereocenters. The number of thiophene rings is 1. The summed E-state index contributed by atoms with van der Waals surface area (Å²) in [6.45, 7) is 0.324. The molecular formula is C25H25ClF2N4O5S2. The molecule has 3 heterocycles. The van der Waals surface area contributed by atoms with E-state index in [0.29, 0.717) is 42.9 Å². The number of carbonyl (C=O) groups is 1. The molecule has 2 aliphatic rings. The number of anilines is 1. The Labute approximate surface area is 233 Å². The molecule has 1 aromatic carbocycles. The molecule has 0 bridgehead atoms. The van der Waals surface area contributed by atoms with Gasteiger partial charge in [-0.2, -0.15) is 8.42 Å². The molecule has 14 heteroatoms. The Hall–Kier alpha value is -2.55. The summed E-state index contributed by atoms with van der Waals surface area (Å²) in [6.07, 6.45) is 1.66. The van der Waals surface area contributed by atoms with Gasteiger partial charge in [-0.3, -0.25) is 8.98 Å². The van der Waals surface area contributed by atoms with Crippen molar-refractivity contribution < 1.29 is 30.9 Å². The van der Waals surface area contributed by atoms with E-state index < -0.39 is 28.6 Å². The number of hydrogen-bond acceptors (Lipinski definition) is 9. The van der Waals surface area contributed by atoms with Crippen molar-refractivity contribution in [1.29, 1.82) is 0 Å². The first-order chi connectivity index (χ1) is 18.6. The highest BCUT2D eigenvalue weighted by atomic mass is 35.5. The Morgan fingerprint density at radius 3 is 2.87 bits per heavy atom. The highest BCUT2D eigenvalue weighted by Crippen LogP contribution is 2.43. The summed E-state index contributed by atoms with van der Waals surface area (Å²) in [6, 6.07) is 6.69. The van der Waals surface area contributed by atoms with Crippen molar-refractivity contribution in [3.8, 4) is 0 Å². The number of fused-ring (bicyclic) bond motifs is 1. The maximum atomic E-state index is 14.2. The van der Waals surface area contributed by atoms with Crippen LogP contribution in [0.2, 0.25) is 5.02 Å². The average Bonchev–Trinajstić information content (AvgIpc) is 3.54. The van der Waals surface area contributed by atoms with E-state index in [2.05, 4.69) is 15.3 Å². The molecule has 3 aromatic rings. The van der Waals surface area contributed by atoms with Crippen LogP contribution in [0.1, 0.15) is 68.6 Å². The van der Waals surface area contributed by atoms with Crippen molar-refractivity contribution in [2.24, 2.45) is 11.1 Å². The third kappa shape index (κ3) is 6.44. The number of nitrogens with zero attached hydrogens (tertiary/aromatic N) is 2. The lowest BCUT2D eigenvalue weighted by molar-refractivity contribution is 0.0661. The molecule has 3 N–H and O–H groups in total. The lowest BCUT2D eigenvalue weighted by atomic mass is 9.93. The Balaban J connectivity index is 1.39. The predicted octanol–water partition coefficient (Wildman–Crippen LogP) is 4.82. The molecule has 1 unspecified atom stereocenters. The smallest absolute Gasteiger partial charge is 0.333 e. The lowest BCUT2D eigenvalue weighted by Crippen LogP contribution is -2.22. The number of nitrogens with two attached hydrogens (primary N) is 1. The molecule has 208 valence electrons. The maximum absolute atomic E-state index is 14.2. The predicted molar refractivity (Wildman–Crippen MR) is 142 cm³/mol. The minimum absolute atomic E-state index is 0.0292. The number of carbonyl (C=O) groups excluding carboxylic acids is 1. The fourth-order valence-corrected chi connectivity index (χ4v) is 6.62. The van der Waals surface area contributed by atoms with Crippen LogP contribution >= 0.6 is 22.9 Å². The van der Waals surface area contributed by atoms with E-state index in [9.17, 15) is 22.0 Å². The van der Waals surface area contributed by atoms with Crippen molar-refractivity contribution in [1.82, 2.24) is 9.97 Å². The SMILES string of the molecule is NS(=O)(=O)OC[C@@H]1CC[C@H](Nc2ncncc2C(=O)c2cc(C3OCCc4ccc(Cl)cc43)c(C(F)F)s2)C1. The topological polar surface area (TPSA) is 134 Å². The van der Waals surface area contributed by atoms with Gasteiger partial charge in [0.2, 0.25) is 5.78 Å². The van der Waals surface area contributed by atoms with Gasteiger partial charge in [0.05, 0.1) is 28.5 Å². The van der Waals surface area contributed by atoms with Gasteiger partial charge in [-0.25, -0.2) is 23.9 Å². The van der Waals surface area contributed by atoms with Crippen molar-refractivity contribution >= 4 is 44.8 Å². The molecule has 0 radical (unpaired) electrons. The third-order valence-electron chi connectivity index (χ3n) is 6.85. The van der Waals surface area contributed by atoms with Crippen molar-refractivity contribution in [2.45, 2.75) is 44.3 Å². The lowest BCUT2D eigenvalue weighted by Gasteiger charge is -2.26. The van der Waals surface area contributed by atoms with E-state index in [4.69, 9.17) is 25.7 Å². The summed E-state index contributed by atoms with van der Waals surface area (Å²) in [4.78, 5) is 21.6. The summed E-state index contributed by atoms with van der Waals surface area (Å²) >= 11 is 6.91. The Morgan fingerprint density at radius 1 is 1.28 bits per heavy atom. The minimum Gasteiger partial charge on any atom is -0.368 e. The normalized spacial score (nSPS) is 21.2. The molecule has 9 nitrogen and oxygen atoms in total.